The van der Waals surface area contributed by atoms with E-state index in [1.807, 2.05) is 31.2 Å². The maximum Gasteiger partial charge on any atom is 0.0790 e. The van der Waals surface area contributed by atoms with Gasteiger partial charge < -0.3 is 5.73 Å². The summed E-state index contributed by atoms with van der Waals surface area (Å²) in [4.78, 5) is 0. The molecule has 1 aromatic heterocycles. The summed E-state index contributed by atoms with van der Waals surface area (Å²) in [5.41, 5.74) is 7.91. The molecule has 0 radical (unpaired) electrons. The number of nitrogens with zero attached hydrogens (tertiary/aromatic N) is 2. The lowest BCUT2D eigenvalue weighted by Gasteiger charge is -2.11. The number of benzene rings is 1. The summed E-state index contributed by atoms with van der Waals surface area (Å²) >= 11 is 5.83. The Kier molecular flexibility index (Phi) is 2.75. The third-order valence-corrected chi connectivity index (χ3v) is 2.42. The highest BCUT2D eigenvalue weighted by atomic mass is 35.5. The largest absolute Gasteiger partial charge is 0.324 e. The van der Waals surface area contributed by atoms with Crippen LogP contribution in [0.3, 0.4) is 0 Å². The molecule has 78 valence electrons. The van der Waals surface area contributed by atoms with Crippen LogP contribution in [0.1, 0.15) is 18.5 Å². The summed E-state index contributed by atoms with van der Waals surface area (Å²) in [5, 5.41) is 4.78. The van der Waals surface area contributed by atoms with Crippen LogP contribution in [0.2, 0.25) is 5.02 Å². The van der Waals surface area contributed by atoms with E-state index in [1.54, 1.807) is 17.1 Å². The molecule has 0 spiro atoms. The van der Waals surface area contributed by atoms with Gasteiger partial charge in [-0.2, -0.15) is 5.10 Å². The smallest absolute Gasteiger partial charge is 0.0790 e. The second kappa shape index (κ2) is 4.04. The zero-order valence-electron chi connectivity index (χ0n) is 8.39. The van der Waals surface area contributed by atoms with E-state index in [4.69, 9.17) is 17.3 Å². The Hall–Kier alpha value is -1.32. The van der Waals surface area contributed by atoms with Crippen LogP contribution in [0.4, 0.5) is 0 Å². The minimum absolute atomic E-state index is 0.0239. The van der Waals surface area contributed by atoms with Crippen LogP contribution in [0.15, 0.2) is 36.7 Å². The Labute approximate surface area is 93.5 Å². The van der Waals surface area contributed by atoms with Gasteiger partial charge in [0.25, 0.3) is 0 Å². The molecule has 2 N–H and O–H groups in total. The third-order valence-electron chi connectivity index (χ3n) is 2.23. The van der Waals surface area contributed by atoms with Crippen LogP contribution < -0.4 is 5.73 Å². The van der Waals surface area contributed by atoms with Gasteiger partial charge in [0.15, 0.2) is 0 Å². The fraction of sp³-hybridized carbons (Fsp3) is 0.182. The standard InChI is InChI=1S/C11H12ClN3/c1-8(13)10-4-2-3-5-11(10)15-7-9(12)6-14-15/h2-8H,13H2,1H3/t8-/m0/s1. The van der Waals surface area contributed by atoms with Gasteiger partial charge in [0.1, 0.15) is 0 Å². The van der Waals surface area contributed by atoms with Gasteiger partial charge in [0, 0.05) is 12.2 Å². The highest BCUT2D eigenvalue weighted by Gasteiger charge is 2.08. The average Bonchev–Trinajstić information content (AvgIpc) is 2.65. The van der Waals surface area contributed by atoms with E-state index in [2.05, 4.69) is 5.10 Å². The molecule has 0 saturated carbocycles. The van der Waals surface area contributed by atoms with Crippen LogP contribution in [0, 0.1) is 0 Å². The zero-order valence-corrected chi connectivity index (χ0v) is 9.15. The van der Waals surface area contributed by atoms with E-state index in [-0.39, 0.29) is 6.04 Å². The lowest BCUT2D eigenvalue weighted by atomic mass is 10.1. The Morgan fingerprint density at radius 1 is 1.40 bits per heavy atom. The fourth-order valence-electron chi connectivity index (χ4n) is 1.51. The molecule has 0 aliphatic heterocycles. The first-order chi connectivity index (χ1) is 7.18. The Morgan fingerprint density at radius 2 is 2.13 bits per heavy atom. The van der Waals surface area contributed by atoms with Crippen molar-refractivity contribution < 1.29 is 0 Å². The molecule has 3 nitrogen and oxygen atoms in total. The maximum absolute atomic E-state index is 5.88. The summed E-state index contributed by atoms with van der Waals surface area (Å²) < 4.78 is 1.74. The van der Waals surface area contributed by atoms with Crippen molar-refractivity contribution in [1.82, 2.24) is 9.78 Å². The van der Waals surface area contributed by atoms with E-state index < -0.39 is 0 Å². The average molecular weight is 222 g/mol. The van der Waals surface area contributed by atoms with Crippen molar-refractivity contribution in [3.8, 4) is 5.69 Å². The van der Waals surface area contributed by atoms with Crippen molar-refractivity contribution in [2.45, 2.75) is 13.0 Å². The Bertz CT molecular complexity index is 462. The quantitative estimate of drug-likeness (QED) is 0.847. The molecule has 1 heterocycles. The number of para-hydroxylation sites is 1. The van der Waals surface area contributed by atoms with E-state index in [0.717, 1.165) is 11.3 Å². The molecule has 1 atom stereocenters. The fourth-order valence-corrected chi connectivity index (χ4v) is 1.65. The minimum atomic E-state index is -0.0239. The van der Waals surface area contributed by atoms with Crippen molar-refractivity contribution >= 4 is 11.6 Å². The molecular formula is C11H12ClN3. The summed E-state index contributed by atoms with van der Waals surface area (Å²) in [5.74, 6) is 0. The number of hydrogen-bond acceptors (Lipinski definition) is 2. The van der Waals surface area contributed by atoms with Gasteiger partial charge in [-0.15, -0.1) is 0 Å². The SMILES string of the molecule is C[C@H](N)c1ccccc1-n1cc(Cl)cn1. The van der Waals surface area contributed by atoms with E-state index in [1.165, 1.54) is 0 Å². The van der Waals surface area contributed by atoms with Gasteiger partial charge >= 0.3 is 0 Å². The molecule has 0 amide bonds. The molecular weight excluding hydrogens is 210 g/mol. The number of hydrogen-bond donors (Lipinski definition) is 1. The number of nitrogens with two attached hydrogens (primary N) is 1. The number of aromatic nitrogens is 2. The highest BCUT2D eigenvalue weighted by Crippen LogP contribution is 2.20. The van der Waals surface area contributed by atoms with E-state index in [9.17, 15) is 0 Å². The van der Waals surface area contributed by atoms with Gasteiger partial charge in [-0.05, 0) is 18.6 Å². The number of rotatable bonds is 2. The second-order valence-electron chi connectivity index (χ2n) is 3.45. The van der Waals surface area contributed by atoms with Crippen molar-refractivity contribution in [2.24, 2.45) is 5.73 Å². The predicted molar refractivity (Wildman–Crippen MR) is 61.2 cm³/mol. The van der Waals surface area contributed by atoms with Crippen LogP contribution in [0.5, 0.6) is 0 Å². The summed E-state index contributed by atoms with van der Waals surface area (Å²) in [6.07, 6.45) is 3.38. The predicted octanol–water partition coefficient (Wildman–Crippen LogP) is 2.55. The van der Waals surface area contributed by atoms with Crippen LogP contribution in [-0.2, 0) is 0 Å². The molecule has 2 rings (SSSR count). The summed E-state index contributed by atoms with van der Waals surface area (Å²) in [7, 11) is 0. The minimum Gasteiger partial charge on any atom is -0.324 e. The first-order valence-corrected chi connectivity index (χ1v) is 5.11. The zero-order chi connectivity index (χ0) is 10.8. The molecule has 1 aromatic carbocycles. The van der Waals surface area contributed by atoms with Gasteiger partial charge in [0.05, 0.1) is 16.9 Å². The lowest BCUT2D eigenvalue weighted by molar-refractivity contribution is 0.781. The molecule has 0 aliphatic rings. The number of halogens is 1. The van der Waals surface area contributed by atoms with Crippen LogP contribution >= 0.6 is 11.6 Å². The first kappa shape index (κ1) is 10.2. The molecule has 15 heavy (non-hydrogen) atoms. The van der Waals surface area contributed by atoms with Crippen molar-refractivity contribution in [3.05, 3.63) is 47.2 Å². The molecule has 0 aliphatic carbocycles. The summed E-state index contributed by atoms with van der Waals surface area (Å²) in [6.45, 7) is 1.95. The molecule has 2 aromatic rings. The molecule has 0 bridgehead atoms. The highest BCUT2D eigenvalue weighted by molar-refractivity contribution is 6.30. The molecule has 0 saturated heterocycles. The Morgan fingerprint density at radius 3 is 2.73 bits per heavy atom. The van der Waals surface area contributed by atoms with Crippen molar-refractivity contribution in [1.29, 1.82) is 0 Å². The molecule has 4 heteroatoms. The van der Waals surface area contributed by atoms with E-state index >= 15 is 0 Å². The normalized spacial score (nSPS) is 12.7. The first-order valence-electron chi connectivity index (χ1n) is 4.73. The second-order valence-corrected chi connectivity index (χ2v) is 3.89. The van der Waals surface area contributed by atoms with Gasteiger partial charge in [0.2, 0.25) is 0 Å². The monoisotopic (exact) mass is 221 g/mol. The summed E-state index contributed by atoms with van der Waals surface area (Å²) in [6, 6.07) is 7.87. The van der Waals surface area contributed by atoms with Gasteiger partial charge in [-0.1, -0.05) is 29.8 Å². The maximum atomic E-state index is 5.88. The molecule has 0 unspecified atom stereocenters. The van der Waals surface area contributed by atoms with Gasteiger partial charge in [-0.3, -0.25) is 0 Å². The van der Waals surface area contributed by atoms with Gasteiger partial charge in [-0.25, -0.2) is 4.68 Å². The third kappa shape index (κ3) is 2.03. The van der Waals surface area contributed by atoms with Crippen molar-refractivity contribution in [3.63, 3.8) is 0 Å². The van der Waals surface area contributed by atoms with E-state index in [0.29, 0.717) is 5.02 Å². The van der Waals surface area contributed by atoms with Crippen molar-refractivity contribution in [2.75, 3.05) is 0 Å². The topological polar surface area (TPSA) is 43.8 Å². The Balaban J connectivity index is 2.52. The lowest BCUT2D eigenvalue weighted by Crippen LogP contribution is -2.09. The van der Waals surface area contributed by atoms with Crippen LogP contribution in [-0.4, -0.2) is 9.78 Å². The van der Waals surface area contributed by atoms with Crippen LogP contribution in [0.25, 0.3) is 5.69 Å². The molecule has 0 fully saturated rings.